The second-order valence-electron chi connectivity index (χ2n) is 11.5. The molecule has 0 aliphatic rings. The van der Waals surface area contributed by atoms with E-state index in [0.717, 1.165) is 28.4 Å². The van der Waals surface area contributed by atoms with Crippen molar-refractivity contribution in [2.24, 2.45) is 0 Å². The number of rotatable bonds is 5. The SMILES string of the molecule is c1ccc(N(c2ccccc2)c2ccc(-n3c4ccccc4c4c5c(ccc6ccn(-c7ccccc7)c65)ccc43)cc2)cc1. The van der Waals surface area contributed by atoms with E-state index in [4.69, 9.17) is 0 Å². The number of fused-ring (bicyclic) bond motifs is 7. The molecule has 212 valence electrons. The van der Waals surface area contributed by atoms with Gasteiger partial charge in [0.25, 0.3) is 0 Å². The molecule has 0 saturated carbocycles. The van der Waals surface area contributed by atoms with Gasteiger partial charge < -0.3 is 14.0 Å². The summed E-state index contributed by atoms with van der Waals surface area (Å²) in [6, 6.07) is 60.8. The molecule has 0 N–H and O–H groups in total. The molecule has 9 rings (SSSR count). The van der Waals surface area contributed by atoms with E-state index in [2.05, 4.69) is 190 Å². The van der Waals surface area contributed by atoms with Crippen LogP contribution in [-0.2, 0) is 0 Å². The topological polar surface area (TPSA) is 13.1 Å². The van der Waals surface area contributed by atoms with Crippen molar-refractivity contribution in [1.29, 1.82) is 0 Å². The molecule has 0 radical (unpaired) electrons. The molecule has 3 nitrogen and oxygen atoms in total. The maximum Gasteiger partial charge on any atom is 0.0613 e. The van der Waals surface area contributed by atoms with Gasteiger partial charge in [0.2, 0.25) is 0 Å². The van der Waals surface area contributed by atoms with Gasteiger partial charge in [-0.1, -0.05) is 91.0 Å². The van der Waals surface area contributed by atoms with Crippen molar-refractivity contribution in [2.75, 3.05) is 4.90 Å². The van der Waals surface area contributed by atoms with E-state index in [0.29, 0.717) is 0 Å². The van der Waals surface area contributed by atoms with Crippen LogP contribution >= 0.6 is 0 Å². The van der Waals surface area contributed by atoms with Crippen LogP contribution in [0.3, 0.4) is 0 Å². The second-order valence-corrected chi connectivity index (χ2v) is 11.5. The Morgan fingerprint density at radius 2 is 0.956 bits per heavy atom. The van der Waals surface area contributed by atoms with Gasteiger partial charge in [-0.15, -0.1) is 0 Å². The monoisotopic (exact) mass is 575 g/mol. The molecule has 0 atom stereocenters. The van der Waals surface area contributed by atoms with Crippen molar-refractivity contribution in [1.82, 2.24) is 9.13 Å². The van der Waals surface area contributed by atoms with Crippen molar-refractivity contribution in [2.45, 2.75) is 0 Å². The summed E-state index contributed by atoms with van der Waals surface area (Å²) < 4.78 is 4.75. The summed E-state index contributed by atoms with van der Waals surface area (Å²) in [7, 11) is 0. The largest absolute Gasteiger partial charge is 0.316 e. The van der Waals surface area contributed by atoms with Crippen molar-refractivity contribution in [3.63, 3.8) is 0 Å². The van der Waals surface area contributed by atoms with Gasteiger partial charge >= 0.3 is 0 Å². The highest BCUT2D eigenvalue weighted by Crippen LogP contribution is 2.41. The fourth-order valence-electron chi connectivity index (χ4n) is 6.93. The predicted molar refractivity (Wildman–Crippen MR) is 190 cm³/mol. The van der Waals surface area contributed by atoms with Crippen molar-refractivity contribution < 1.29 is 0 Å². The summed E-state index contributed by atoms with van der Waals surface area (Å²) in [5, 5.41) is 6.30. The zero-order valence-corrected chi connectivity index (χ0v) is 24.6. The molecule has 0 bridgehead atoms. The highest BCUT2D eigenvalue weighted by atomic mass is 15.1. The molecule has 7 aromatic carbocycles. The molecular weight excluding hydrogens is 546 g/mol. The molecule has 2 heterocycles. The van der Waals surface area contributed by atoms with Gasteiger partial charge in [-0.05, 0) is 84.2 Å². The zero-order chi connectivity index (χ0) is 29.7. The summed E-state index contributed by atoms with van der Waals surface area (Å²) in [5.74, 6) is 0. The molecule has 0 unspecified atom stereocenters. The summed E-state index contributed by atoms with van der Waals surface area (Å²) in [5.41, 5.74) is 9.32. The summed E-state index contributed by atoms with van der Waals surface area (Å²) >= 11 is 0. The molecule has 45 heavy (non-hydrogen) atoms. The molecule has 0 aliphatic carbocycles. The van der Waals surface area contributed by atoms with Crippen LogP contribution < -0.4 is 4.90 Å². The number of para-hydroxylation sites is 4. The van der Waals surface area contributed by atoms with E-state index in [1.807, 2.05) is 0 Å². The zero-order valence-electron chi connectivity index (χ0n) is 24.6. The number of hydrogen-bond acceptors (Lipinski definition) is 1. The van der Waals surface area contributed by atoms with Crippen LogP contribution in [0.2, 0.25) is 0 Å². The van der Waals surface area contributed by atoms with Gasteiger partial charge in [-0.3, -0.25) is 0 Å². The maximum absolute atomic E-state index is 2.41. The highest BCUT2D eigenvalue weighted by Gasteiger charge is 2.19. The Hall–Kier alpha value is -6.06. The van der Waals surface area contributed by atoms with Crippen molar-refractivity contribution in [3.05, 3.63) is 176 Å². The molecule has 0 saturated heterocycles. The normalized spacial score (nSPS) is 11.6. The van der Waals surface area contributed by atoms with Crippen LogP contribution in [0, 0.1) is 0 Å². The van der Waals surface area contributed by atoms with E-state index in [9.17, 15) is 0 Å². The fraction of sp³-hybridized carbons (Fsp3) is 0. The first-order chi connectivity index (χ1) is 22.3. The molecule has 0 aliphatic heterocycles. The predicted octanol–water partition coefficient (Wildman–Crippen LogP) is 11.4. The van der Waals surface area contributed by atoms with E-state index >= 15 is 0 Å². The van der Waals surface area contributed by atoms with Gasteiger partial charge in [0.1, 0.15) is 0 Å². The summed E-state index contributed by atoms with van der Waals surface area (Å²) in [4.78, 5) is 2.30. The van der Waals surface area contributed by atoms with Crippen LogP contribution in [0.4, 0.5) is 17.1 Å². The highest BCUT2D eigenvalue weighted by molar-refractivity contribution is 6.27. The number of anilines is 3. The molecular formula is C42H29N3. The first kappa shape index (κ1) is 25.4. The smallest absolute Gasteiger partial charge is 0.0613 e. The Morgan fingerprint density at radius 3 is 1.67 bits per heavy atom. The van der Waals surface area contributed by atoms with Crippen LogP contribution in [-0.4, -0.2) is 9.13 Å². The first-order valence-corrected chi connectivity index (χ1v) is 15.4. The second kappa shape index (κ2) is 10.3. The quantitative estimate of drug-likeness (QED) is 0.199. The summed E-state index contributed by atoms with van der Waals surface area (Å²) in [6.07, 6.45) is 2.20. The average Bonchev–Trinajstić information content (AvgIpc) is 3.70. The number of benzene rings is 7. The maximum atomic E-state index is 2.41. The molecule has 0 fully saturated rings. The lowest BCUT2D eigenvalue weighted by Gasteiger charge is -2.25. The van der Waals surface area contributed by atoms with Crippen molar-refractivity contribution in [3.8, 4) is 11.4 Å². The van der Waals surface area contributed by atoms with E-state index < -0.39 is 0 Å². The Balaban J connectivity index is 1.28. The minimum atomic E-state index is 1.12. The Morgan fingerprint density at radius 1 is 0.378 bits per heavy atom. The minimum Gasteiger partial charge on any atom is -0.316 e. The van der Waals surface area contributed by atoms with Crippen molar-refractivity contribution >= 4 is 60.5 Å². The Bertz CT molecular complexity index is 2420. The third kappa shape index (κ3) is 4.05. The van der Waals surface area contributed by atoms with Crippen LogP contribution in [0.15, 0.2) is 176 Å². The van der Waals surface area contributed by atoms with E-state index in [-0.39, 0.29) is 0 Å². The molecule has 3 heteroatoms. The lowest BCUT2D eigenvalue weighted by molar-refractivity contribution is 1.13. The first-order valence-electron chi connectivity index (χ1n) is 15.4. The van der Waals surface area contributed by atoms with Gasteiger partial charge in [0.05, 0.1) is 16.6 Å². The summed E-state index contributed by atoms with van der Waals surface area (Å²) in [6.45, 7) is 0. The standard InChI is InChI=1S/C42H29N3/c1-4-12-32(13-5-1)43-29-28-31-21-20-30-22-27-39-41(40(30)42(31)43)37-18-10-11-19-38(37)45(39)36-25-23-35(24-26-36)44(33-14-6-2-7-15-33)34-16-8-3-9-17-34/h1-29H. The van der Waals surface area contributed by atoms with E-state index in [1.165, 1.54) is 43.5 Å². The lowest BCUT2D eigenvalue weighted by Crippen LogP contribution is -2.09. The fourth-order valence-corrected chi connectivity index (χ4v) is 6.93. The van der Waals surface area contributed by atoms with Gasteiger partial charge in [0.15, 0.2) is 0 Å². The number of hydrogen-bond donors (Lipinski definition) is 0. The number of nitrogens with zero attached hydrogens (tertiary/aromatic N) is 3. The van der Waals surface area contributed by atoms with Gasteiger partial charge in [0, 0.05) is 56.2 Å². The van der Waals surface area contributed by atoms with Crippen LogP contribution in [0.25, 0.3) is 54.9 Å². The minimum absolute atomic E-state index is 1.12. The molecule has 2 aromatic heterocycles. The molecule has 9 aromatic rings. The van der Waals surface area contributed by atoms with Crippen LogP contribution in [0.5, 0.6) is 0 Å². The number of aromatic nitrogens is 2. The van der Waals surface area contributed by atoms with Gasteiger partial charge in [-0.2, -0.15) is 0 Å². The Kier molecular flexibility index (Phi) is 5.82. The third-order valence-corrected chi connectivity index (χ3v) is 8.90. The average molecular weight is 576 g/mol. The molecule has 0 amide bonds. The molecule has 0 spiro atoms. The lowest BCUT2D eigenvalue weighted by atomic mass is 10.0. The third-order valence-electron chi connectivity index (χ3n) is 8.90. The Labute approximate surface area is 261 Å². The van der Waals surface area contributed by atoms with Crippen LogP contribution in [0.1, 0.15) is 0 Å². The van der Waals surface area contributed by atoms with Gasteiger partial charge in [-0.25, -0.2) is 0 Å². The van der Waals surface area contributed by atoms with E-state index in [1.54, 1.807) is 0 Å².